The highest BCUT2D eigenvalue weighted by Gasteiger charge is 2.17. The minimum absolute atomic E-state index is 0.0531. The van der Waals surface area contributed by atoms with Crippen LogP contribution < -0.4 is 0 Å². The molecule has 0 aromatic rings. The van der Waals surface area contributed by atoms with Gasteiger partial charge in [0.2, 0.25) is 0 Å². The lowest BCUT2D eigenvalue weighted by Gasteiger charge is -2.23. The van der Waals surface area contributed by atoms with E-state index < -0.39 is 0 Å². The van der Waals surface area contributed by atoms with E-state index in [-0.39, 0.29) is 23.3 Å². The van der Waals surface area contributed by atoms with Crippen LogP contribution in [0.5, 0.6) is 0 Å². The number of carbonyl (C=O) groups excluding carboxylic acids is 3. The van der Waals surface area contributed by atoms with E-state index in [0.717, 1.165) is 89.3 Å². The van der Waals surface area contributed by atoms with Gasteiger partial charge in [0.05, 0.1) is 0 Å². The fourth-order valence-electron chi connectivity index (χ4n) is 5.01. The summed E-state index contributed by atoms with van der Waals surface area (Å²) in [5.41, 5.74) is 0. The molecule has 1 amide bonds. The first kappa shape index (κ1) is 45.9. The second-order valence-electron chi connectivity index (χ2n) is 13.0. The Bertz CT molecular complexity index is 854. The van der Waals surface area contributed by atoms with Gasteiger partial charge in [-0.1, -0.05) is 114 Å². The van der Waals surface area contributed by atoms with Crippen LogP contribution in [0.2, 0.25) is 0 Å². The quantitative estimate of drug-likeness (QED) is 0.0394. The molecule has 0 spiro atoms. The zero-order valence-corrected chi connectivity index (χ0v) is 32.4. The van der Waals surface area contributed by atoms with Crippen molar-refractivity contribution in [2.24, 2.45) is 0 Å². The molecule has 278 valence electrons. The first-order valence-electron chi connectivity index (χ1n) is 19.2. The Kier molecular flexibility index (Phi) is 33.3. The number of allylic oxidation sites excluding steroid dienone is 5. The maximum atomic E-state index is 13.1. The van der Waals surface area contributed by atoms with Crippen LogP contribution in [0.4, 0.5) is 4.79 Å². The van der Waals surface area contributed by atoms with Crippen molar-refractivity contribution >= 4 is 28.9 Å². The van der Waals surface area contributed by atoms with E-state index in [2.05, 4.69) is 56.1 Å². The largest absolute Gasteiger partial charge is 0.462 e. The average molecular weight is 693 g/mol. The first-order valence-corrected chi connectivity index (χ1v) is 20.2. The topological polar surface area (TPSA) is 76.1 Å². The number of unbranched alkanes of at least 4 members (excludes halogenated alkanes) is 9. The number of hydrogen-bond donors (Lipinski definition) is 0. The molecular weight excluding hydrogens is 621 g/mol. The van der Waals surface area contributed by atoms with Crippen molar-refractivity contribution in [2.75, 3.05) is 46.1 Å². The number of thioether (sulfide) groups is 1. The highest BCUT2D eigenvalue weighted by Crippen LogP contribution is 2.16. The van der Waals surface area contributed by atoms with Crippen LogP contribution >= 0.6 is 11.8 Å². The molecular formula is C40H72N2O5S. The molecule has 7 nitrogen and oxygen atoms in total. The highest BCUT2D eigenvalue weighted by molar-refractivity contribution is 8.13. The zero-order chi connectivity index (χ0) is 35.5. The summed E-state index contributed by atoms with van der Waals surface area (Å²) >= 11 is 1.34. The predicted molar refractivity (Wildman–Crippen MR) is 206 cm³/mol. The Morgan fingerprint density at radius 3 is 1.83 bits per heavy atom. The number of carbonyl (C=O) groups is 3. The molecule has 0 heterocycles. The SMILES string of the molecule is CCC/C=C/CCC(CC/C=C/CCC)OC(=O)CCCN(CCCCCC(=O)OC/C=C\CCCCCCC)C(=O)SCCN(C)C. The molecule has 0 rings (SSSR count). The minimum atomic E-state index is -0.178. The molecule has 0 saturated heterocycles. The van der Waals surface area contributed by atoms with Crippen LogP contribution in [0.15, 0.2) is 36.5 Å². The third-order valence-electron chi connectivity index (χ3n) is 7.97. The summed E-state index contributed by atoms with van der Waals surface area (Å²) in [6, 6.07) is 0. The molecule has 48 heavy (non-hydrogen) atoms. The van der Waals surface area contributed by atoms with E-state index in [1.165, 1.54) is 43.9 Å². The van der Waals surface area contributed by atoms with Gasteiger partial charge in [-0.25, -0.2) is 0 Å². The van der Waals surface area contributed by atoms with Gasteiger partial charge in [-0.2, -0.15) is 0 Å². The Morgan fingerprint density at radius 2 is 1.19 bits per heavy atom. The second-order valence-corrected chi connectivity index (χ2v) is 14.0. The number of amides is 1. The van der Waals surface area contributed by atoms with Crippen molar-refractivity contribution in [3.8, 4) is 0 Å². The highest BCUT2D eigenvalue weighted by atomic mass is 32.2. The normalized spacial score (nSPS) is 11.9. The number of ether oxygens (including phenoxy) is 2. The zero-order valence-electron chi connectivity index (χ0n) is 31.6. The number of rotatable bonds is 32. The Labute approximate surface area is 299 Å². The van der Waals surface area contributed by atoms with Gasteiger partial charge < -0.3 is 19.3 Å². The molecule has 0 atom stereocenters. The van der Waals surface area contributed by atoms with Crippen LogP contribution in [0.1, 0.15) is 149 Å². The van der Waals surface area contributed by atoms with E-state index in [9.17, 15) is 14.4 Å². The Morgan fingerprint density at radius 1 is 0.604 bits per heavy atom. The number of nitrogens with zero attached hydrogens (tertiary/aromatic N) is 2. The lowest BCUT2D eigenvalue weighted by atomic mass is 10.1. The maximum absolute atomic E-state index is 13.1. The molecule has 0 N–H and O–H groups in total. The van der Waals surface area contributed by atoms with Crippen LogP contribution in [-0.4, -0.2) is 79.2 Å². The van der Waals surface area contributed by atoms with E-state index in [4.69, 9.17) is 9.47 Å². The van der Waals surface area contributed by atoms with E-state index in [0.29, 0.717) is 39.0 Å². The van der Waals surface area contributed by atoms with Crippen molar-refractivity contribution in [1.29, 1.82) is 0 Å². The maximum Gasteiger partial charge on any atom is 0.306 e. The summed E-state index contributed by atoms with van der Waals surface area (Å²) < 4.78 is 11.3. The molecule has 0 fully saturated rings. The van der Waals surface area contributed by atoms with E-state index >= 15 is 0 Å². The van der Waals surface area contributed by atoms with Gasteiger partial charge in [-0.05, 0) is 84.7 Å². The summed E-state index contributed by atoms with van der Waals surface area (Å²) in [6.45, 7) is 8.89. The molecule has 0 bridgehead atoms. The Balaban J connectivity index is 4.66. The van der Waals surface area contributed by atoms with Gasteiger partial charge in [-0.15, -0.1) is 0 Å². The summed E-state index contributed by atoms with van der Waals surface area (Å²) in [6.07, 6.45) is 31.8. The van der Waals surface area contributed by atoms with Crippen LogP contribution in [0.25, 0.3) is 0 Å². The molecule has 0 aromatic heterocycles. The lowest BCUT2D eigenvalue weighted by molar-refractivity contribution is -0.149. The summed E-state index contributed by atoms with van der Waals surface area (Å²) in [7, 11) is 4.00. The van der Waals surface area contributed by atoms with Gasteiger partial charge in [0.1, 0.15) is 12.7 Å². The Hall–Kier alpha value is -2.06. The molecule has 0 aliphatic carbocycles. The third-order valence-corrected chi connectivity index (χ3v) is 8.87. The molecule has 0 aliphatic heterocycles. The monoisotopic (exact) mass is 693 g/mol. The summed E-state index contributed by atoms with van der Waals surface area (Å²) in [5, 5.41) is 0.0531. The van der Waals surface area contributed by atoms with Crippen LogP contribution in [-0.2, 0) is 19.1 Å². The molecule has 0 saturated carbocycles. The standard InChI is InChI=1S/C40H72N2O5S/c1-6-9-12-15-16-17-20-26-35-46-38(43)30-24-21-25-32-42(40(45)48-36-34-41(4)5)33-27-31-39(44)47-37(28-22-18-13-10-7-2)29-23-19-14-11-8-3/h13-14,18-20,26,37H,6-12,15-17,21-25,27-36H2,1-5H3/b18-13+,19-14+,26-20-. The third kappa shape index (κ3) is 31.2. The van der Waals surface area contributed by atoms with E-state index in [1.807, 2.05) is 25.1 Å². The molecule has 0 aromatic carbocycles. The number of esters is 2. The fourth-order valence-corrected chi connectivity index (χ4v) is 6.00. The van der Waals surface area contributed by atoms with Crippen LogP contribution in [0.3, 0.4) is 0 Å². The fraction of sp³-hybridized carbons (Fsp3) is 0.775. The second kappa shape index (κ2) is 34.8. The molecule has 0 radical (unpaired) electrons. The van der Waals surface area contributed by atoms with Crippen molar-refractivity contribution in [1.82, 2.24) is 9.80 Å². The smallest absolute Gasteiger partial charge is 0.306 e. The predicted octanol–water partition coefficient (Wildman–Crippen LogP) is 10.7. The van der Waals surface area contributed by atoms with Crippen LogP contribution in [0, 0.1) is 0 Å². The summed E-state index contributed by atoms with van der Waals surface area (Å²) in [4.78, 5) is 42.0. The van der Waals surface area contributed by atoms with Gasteiger partial charge in [0, 0.05) is 38.2 Å². The molecule has 0 aliphatic rings. The van der Waals surface area contributed by atoms with Gasteiger partial charge in [-0.3, -0.25) is 14.4 Å². The van der Waals surface area contributed by atoms with Crippen molar-refractivity contribution < 1.29 is 23.9 Å². The lowest BCUT2D eigenvalue weighted by Crippen LogP contribution is -2.31. The van der Waals surface area contributed by atoms with Crippen molar-refractivity contribution in [3.63, 3.8) is 0 Å². The average Bonchev–Trinajstić information content (AvgIpc) is 3.06. The number of hydrogen-bond acceptors (Lipinski definition) is 7. The first-order chi connectivity index (χ1) is 23.3. The van der Waals surface area contributed by atoms with Gasteiger partial charge in [0.15, 0.2) is 0 Å². The summed E-state index contributed by atoms with van der Waals surface area (Å²) in [5.74, 6) is 0.383. The van der Waals surface area contributed by atoms with Gasteiger partial charge >= 0.3 is 11.9 Å². The van der Waals surface area contributed by atoms with E-state index in [1.54, 1.807) is 0 Å². The van der Waals surface area contributed by atoms with Crippen molar-refractivity contribution in [2.45, 2.75) is 155 Å². The molecule has 8 heteroatoms. The minimum Gasteiger partial charge on any atom is -0.462 e. The van der Waals surface area contributed by atoms with Crippen molar-refractivity contribution in [3.05, 3.63) is 36.5 Å². The van der Waals surface area contributed by atoms with Gasteiger partial charge in [0.25, 0.3) is 5.24 Å². The molecule has 0 unspecified atom stereocenters.